The van der Waals surface area contributed by atoms with Crippen LogP contribution in [0, 0.1) is 5.92 Å². The summed E-state index contributed by atoms with van der Waals surface area (Å²) in [5.74, 6) is 0.904. The number of likely N-dealkylation sites (N-methyl/N-ethyl adjacent to an activating group) is 1. The van der Waals surface area contributed by atoms with Crippen molar-refractivity contribution in [1.82, 2.24) is 10.6 Å². The molecule has 0 radical (unpaired) electrons. The smallest absolute Gasteiger partial charge is 0.220 e. The zero-order valence-corrected chi connectivity index (χ0v) is 8.44. The number of carbonyl (C=O) groups excluding carboxylic acids is 1. The molecule has 0 aromatic rings. The molecule has 1 saturated carbocycles. The SMILES string of the molecule is CCNCCNC(=O)CC1CCC1. The zero-order valence-electron chi connectivity index (χ0n) is 8.44. The van der Waals surface area contributed by atoms with Crippen LogP contribution < -0.4 is 10.6 Å². The summed E-state index contributed by atoms with van der Waals surface area (Å²) in [6, 6.07) is 0. The third kappa shape index (κ3) is 4.27. The van der Waals surface area contributed by atoms with Crippen molar-refractivity contribution in [2.45, 2.75) is 32.6 Å². The normalized spacial score (nSPS) is 16.7. The molecule has 0 spiro atoms. The second-order valence-electron chi connectivity index (χ2n) is 3.70. The zero-order chi connectivity index (χ0) is 9.52. The number of hydrogen-bond acceptors (Lipinski definition) is 2. The quantitative estimate of drug-likeness (QED) is 0.602. The van der Waals surface area contributed by atoms with Gasteiger partial charge >= 0.3 is 0 Å². The summed E-state index contributed by atoms with van der Waals surface area (Å²) < 4.78 is 0. The van der Waals surface area contributed by atoms with Gasteiger partial charge in [-0.1, -0.05) is 13.3 Å². The first-order chi connectivity index (χ1) is 6.33. The van der Waals surface area contributed by atoms with Crippen LogP contribution in [0.3, 0.4) is 0 Å². The van der Waals surface area contributed by atoms with Crippen LogP contribution in [0.15, 0.2) is 0 Å². The Hall–Kier alpha value is -0.570. The van der Waals surface area contributed by atoms with E-state index in [0.29, 0.717) is 5.92 Å². The molecule has 1 rings (SSSR count). The maximum atomic E-state index is 11.3. The first-order valence-corrected chi connectivity index (χ1v) is 5.30. The molecule has 0 atom stereocenters. The van der Waals surface area contributed by atoms with E-state index in [2.05, 4.69) is 17.6 Å². The lowest BCUT2D eigenvalue weighted by Gasteiger charge is -2.24. The van der Waals surface area contributed by atoms with Crippen LogP contribution in [0.1, 0.15) is 32.6 Å². The summed E-state index contributed by atoms with van der Waals surface area (Å²) in [5.41, 5.74) is 0. The Bertz CT molecular complexity index is 155. The highest BCUT2D eigenvalue weighted by Crippen LogP contribution is 2.28. The summed E-state index contributed by atoms with van der Waals surface area (Å²) in [6.45, 7) is 4.68. The number of rotatable bonds is 6. The summed E-state index contributed by atoms with van der Waals surface area (Å²) >= 11 is 0. The standard InChI is InChI=1S/C10H20N2O/c1-2-11-6-7-12-10(13)8-9-4-3-5-9/h9,11H,2-8H2,1H3,(H,12,13). The molecule has 1 aliphatic rings. The minimum atomic E-state index is 0.225. The fourth-order valence-corrected chi connectivity index (χ4v) is 1.50. The summed E-state index contributed by atoms with van der Waals surface area (Å²) in [5, 5.41) is 6.09. The van der Waals surface area contributed by atoms with E-state index in [9.17, 15) is 4.79 Å². The second-order valence-corrected chi connectivity index (χ2v) is 3.70. The number of hydrogen-bond donors (Lipinski definition) is 2. The van der Waals surface area contributed by atoms with E-state index in [-0.39, 0.29) is 5.91 Å². The first-order valence-electron chi connectivity index (χ1n) is 5.30. The molecule has 0 aliphatic heterocycles. The Kier molecular flexibility index (Phi) is 4.83. The Morgan fingerprint density at radius 1 is 1.38 bits per heavy atom. The number of carbonyl (C=O) groups is 1. The van der Waals surface area contributed by atoms with E-state index < -0.39 is 0 Å². The molecule has 1 aliphatic carbocycles. The van der Waals surface area contributed by atoms with Crippen LogP contribution in [0.25, 0.3) is 0 Å². The van der Waals surface area contributed by atoms with Crippen molar-refractivity contribution in [2.75, 3.05) is 19.6 Å². The van der Waals surface area contributed by atoms with Crippen LogP contribution in [-0.4, -0.2) is 25.5 Å². The number of nitrogens with one attached hydrogen (secondary N) is 2. The van der Waals surface area contributed by atoms with Crippen LogP contribution in [0.4, 0.5) is 0 Å². The van der Waals surface area contributed by atoms with E-state index in [1.807, 2.05) is 0 Å². The molecular formula is C10H20N2O. The van der Waals surface area contributed by atoms with Crippen LogP contribution in [0.5, 0.6) is 0 Å². The van der Waals surface area contributed by atoms with Crippen molar-refractivity contribution < 1.29 is 4.79 Å². The third-order valence-corrected chi connectivity index (χ3v) is 2.57. The van der Waals surface area contributed by atoms with Crippen LogP contribution in [0.2, 0.25) is 0 Å². The molecule has 3 nitrogen and oxygen atoms in total. The topological polar surface area (TPSA) is 41.1 Å². The van der Waals surface area contributed by atoms with Crippen LogP contribution >= 0.6 is 0 Å². The van der Waals surface area contributed by atoms with Gasteiger partial charge in [0.1, 0.15) is 0 Å². The summed E-state index contributed by atoms with van der Waals surface area (Å²) in [4.78, 5) is 11.3. The molecule has 0 unspecified atom stereocenters. The molecule has 76 valence electrons. The molecule has 0 aromatic heterocycles. The molecular weight excluding hydrogens is 164 g/mol. The van der Waals surface area contributed by atoms with E-state index in [1.54, 1.807) is 0 Å². The van der Waals surface area contributed by atoms with Gasteiger partial charge in [0.15, 0.2) is 0 Å². The average molecular weight is 184 g/mol. The predicted molar refractivity (Wildman–Crippen MR) is 53.5 cm³/mol. The Morgan fingerprint density at radius 2 is 2.15 bits per heavy atom. The highest BCUT2D eigenvalue weighted by Gasteiger charge is 2.19. The van der Waals surface area contributed by atoms with Gasteiger partial charge in [0.2, 0.25) is 5.91 Å². The largest absolute Gasteiger partial charge is 0.355 e. The fourth-order valence-electron chi connectivity index (χ4n) is 1.50. The van der Waals surface area contributed by atoms with Gasteiger partial charge < -0.3 is 10.6 Å². The van der Waals surface area contributed by atoms with Crippen molar-refractivity contribution in [3.8, 4) is 0 Å². The Morgan fingerprint density at radius 3 is 2.69 bits per heavy atom. The highest BCUT2D eigenvalue weighted by atomic mass is 16.1. The minimum absolute atomic E-state index is 0.225. The molecule has 1 amide bonds. The van der Waals surface area contributed by atoms with Gasteiger partial charge in [0.25, 0.3) is 0 Å². The van der Waals surface area contributed by atoms with Gasteiger partial charge in [-0.3, -0.25) is 4.79 Å². The van der Waals surface area contributed by atoms with Gasteiger partial charge in [-0.2, -0.15) is 0 Å². The van der Waals surface area contributed by atoms with E-state index in [0.717, 1.165) is 26.1 Å². The molecule has 1 fully saturated rings. The van der Waals surface area contributed by atoms with Gasteiger partial charge in [-0.25, -0.2) is 0 Å². The molecule has 13 heavy (non-hydrogen) atoms. The number of amides is 1. The maximum absolute atomic E-state index is 11.3. The van der Waals surface area contributed by atoms with Crippen molar-refractivity contribution in [2.24, 2.45) is 5.92 Å². The first kappa shape index (κ1) is 10.5. The lowest BCUT2D eigenvalue weighted by Crippen LogP contribution is -2.33. The fraction of sp³-hybridized carbons (Fsp3) is 0.900. The van der Waals surface area contributed by atoms with Crippen molar-refractivity contribution >= 4 is 5.91 Å². The maximum Gasteiger partial charge on any atom is 0.220 e. The van der Waals surface area contributed by atoms with Crippen molar-refractivity contribution in [1.29, 1.82) is 0 Å². The molecule has 0 heterocycles. The Labute approximate surface area is 80.3 Å². The average Bonchev–Trinajstić information content (AvgIpc) is 2.06. The van der Waals surface area contributed by atoms with Gasteiger partial charge in [0.05, 0.1) is 0 Å². The molecule has 0 aromatic carbocycles. The summed E-state index contributed by atoms with van der Waals surface area (Å²) in [6.07, 6.45) is 4.56. The van der Waals surface area contributed by atoms with E-state index in [1.165, 1.54) is 19.3 Å². The third-order valence-electron chi connectivity index (χ3n) is 2.57. The molecule has 2 N–H and O–H groups in total. The van der Waals surface area contributed by atoms with Crippen molar-refractivity contribution in [3.63, 3.8) is 0 Å². The lowest BCUT2D eigenvalue weighted by atomic mass is 9.83. The second kappa shape index (κ2) is 5.97. The Balaban J connectivity index is 1.91. The molecule has 3 heteroatoms. The minimum Gasteiger partial charge on any atom is -0.355 e. The van der Waals surface area contributed by atoms with Crippen LogP contribution in [-0.2, 0) is 4.79 Å². The van der Waals surface area contributed by atoms with E-state index in [4.69, 9.17) is 0 Å². The van der Waals surface area contributed by atoms with Gasteiger partial charge in [0, 0.05) is 19.5 Å². The highest BCUT2D eigenvalue weighted by molar-refractivity contribution is 5.76. The molecule has 0 saturated heterocycles. The monoisotopic (exact) mass is 184 g/mol. The van der Waals surface area contributed by atoms with Gasteiger partial charge in [-0.15, -0.1) is 0 Å². The van der Waals surface area contributed by atoms with Crippen molar-refractivity contribution in [3.05, 3.63) is 0 Å². The van der Waals surface area contributed by atoms with Gasteiger partial charge in [-0.05, 0) is 25.3 Å². The van der Waals surface area contributed by atoms with E-state index >= 15 is 0 Å². The molecule has 0 bridgehead atoms. The lowest BCUT2D eigenvalue weighted by molar-refractivity contribution is -0.122. The summed E-state index contributed by atoms with van der Waals surface area (Å²) in [7, 11) is 0. The predicted octanol–water partition coefficient (Wildman–Crippen LogP) is 0.902.